The van der Waals surface area contributed by atoms with E-state index in [9.17, 15) is 4.79 Å². The molecule has 4 nitrogen and oxygen atoms in total. The number of aromatic nitrogens is 2. The van der Waals surface area contributed by atoms with Crippen LogP contribution in [0.3, 0.4) is 0 Å². The molecule has 1 saturated carbocycles. The summed E-state index contributed by atoms with van der Waals surface area (Å²) in [4.78, 5) is 11.2. The molecule has 1 saturated heterocycles. The number of carbonyl (C=O) groups excluding carboxylic acids is 1. The zero-order valence-electron chi connectivity index (χ0n) is 10.9. The van der Waals surface area contributed by atoms with Gasteiger partial charge in [0, 0.05) is 6.20 Å². The van der Waals surface area contributed by atoms with Crippen LogP contribution in [0.25, 0.3) is 0 Å². The van der Waals surface area contributed by atoms with Gasteiger partial charge in [-0.3, -0.25) is 9.48 Å². The molecular weight excluding hydrogens is 228 g/mol. The van der Waals surface area contributed by atoms with E-state index in [4.69, 9.17) is 4.74 Å². The Morgan fingerprint density at radius 1 is 1.50 bits per heavy atom. The van der Waals surface area contributed by atoms with Gasteiger partial charge >= 0.3 is 0 Å². The number of hydrogen-bond donors (Lipinski definition) is 0. The van der Waals surface area contributed by atoms with Crippen molar-refractivity contribution in [1.82, 2.24) is 9.78 Å². The fourth-order valence-electron chi connectivity index (χ4n) is 3.27. The highest BCUT2D eigenvalue weighted by Crippen LogP contribution is 2.43. The maximum atomic E-state index is 11.2. The molecule has 0 N–H and O–H groups in total. The van der Waals surface area contributed by atoms with Gasteiger partial charge in [0.05, 0.1) is 30.0 Å². The Morgan fingerprint density at radius 3 is 2.94 bits per heavy atom. The standard InChI is InChI=1S/C14H20N2O2/c1-11(17)12-8-15-16(9-12)10-13-4-7-14(18-13)5-2-3-6-14/h8-9,13H,2-7,10H2,1H3. The fraction of sp³-hybridized carbons (Fsp3) is 0.714. The molecule has 1 unspecified atom stereocenters. The van der Waals surface area contributed by atoms with Crippen molar-refractivity contribution in [1.29, 1.82) is 0 Å². The van der Waals surface area contributed by atoms with E-state index in [0.717, 1.165) is 13.0 Å². The molecule has 0 aromatic carbocycles. The molecule has 2 heterocycles. The monoisotopic (exact) mass is 248 g/mol. The minimum atomic E-state index is 0.0702. The molecule has 2 fully saturated rings. The zero-order chi connectivity index (χ0) is 12.6. The summed E-state index contributed by atoms with van der Waals surface area (Å²) in [6.07, 6.45) is 11.1. The van der Waals surface area contributed by atoms with E-state index in [1.54, 1.807) is 13.1 Å². The van der Waals surface area contributed by atoms with Gasteiger partial charge in [0.25, 0.3) is 0 Å². The summed E-state index contributed by atoms with van der Waals surface area (Å²) in [5.41, 5.74) is 0.866. The zero-order valence-corrected chi connectivity index (χ0v) is 10.9. The van der Waals surface area contributed by atoms with Crippen LogP contribution in [-0.4, -0.2) is 27.3 Å². The largest absolute Gasteiger partial charge is 0.370 e. The lowest BCUT2D eigenvalue weighted by Crippen LogP contribution is -2.26. The van der Waals surface area contributed by atoms with Gasteiger partial charge in [-0.25, -0.2) is 0 Å². The van der Waals surface area contributed by atoms with Crippen LogP contribution in [0.1, 0.15) is 55.8 Å². The van der Waals surface area contributed by atoms with Crippen LogP contribution in [0, 0.1) is 0 Å². The van der Waals surface area contributed by atoms with Gasteiger partial charge in [0.15, 0.2) is 5.78 Å². The van der Waals surface area contributed by atoms with E-state index in [1.807, 2.05) is 10.9 Å². The van der Waals surface area contributed by atoms with Crippen molar-refractivity contribution in [2.45, 2.75) is 63.7 Å². The van der Waals surface area contributed by atoms with Gasteiger partial charge in [-0.05, 0) is 32.6 Å². The SMILES string of the molecule is CC(=O)c1cnn(CC2CCC3(CCCC3)O2)c1. The number of ketones is 1. The Balaban J connectivity index is 1.61. The molecule has 0 amide bonds. The first-order valence-corrected chi connectivity index (χ1v) is 6.88. The summed E-state index contributed by atoms with van der Waals surface area (Å²) < 4.78 is 8.08. The van der Waals surface area contributed by atoms with Crippen LogP contribution < -0.4 is 0 Å². The molecule has 1 atom stereocenters. The fourth-order valence-corrected chi connectivity index (χ4v) is 3.27. The molecule has 3 rings (SSSR count). The number of nitrogens with zero attached hydrogens (tertiary/aromatic N) is 2. The normalized spacial score (nSPS) is 25.9. The van der Waals surface area contributed by atoms with Crippen molar-refractivity contribution in [3.8, 4) is 0 Å². The molecule has 1 aromatic rings. The second kappa shape index (κ2) is 4.50. The third kappa shape index (κ3) is 2.21. The molecule has 1 aliphatic carbocycles. The predicted molar refractivity (Wildman–Crippen MR) is 67.5 cm³/mol. The maximum absolute atomic E-state index is 11.2. The third-order valence-electron chi connectivity index (χ3n) is 4.28. The van der Waals surface area contributed by atoms with Crippen molar-refractivity contribution in [3.05, 3.63) is 18.0 Å². The van der Waals surface area contributed by atoms with E-state index < -0.39 is 0 Å². The molecule has 98 valence electrons. The first-order chi connectivity index (χ1) is 8.67. The number of rotatable bonds is 3. The Kier molecular flexibility index (Phi) is 2.98. The van der Waals surface area contributed by atoms with Crippen LogP contribution in [0.4, 0.5) is 0 Å². The summed E-state index contributed by atoms with van der Waals surface area (Å²) in [6, 6.07) is 0. The van der Waals surface area contributed by atoms with Crippen molar-refractivity contribution < 1.29 is 9.53 Å². The molecule has 2 aliphatic rings. The number of Topliss-reactive ketones (excluding diaryl/α,β-unsaturated/α-hetero) is 1. The number of ether oxygens (including phenoxy) is 1. The molecule has 18 heavy (non-hydrogen) atoms. The minimum absolute atomic E-state index is 0.0702. The lowest BCUT2D eigenvalue weighted by Gasteiger charge is -2.23. The van der Waals surface area contributed by atoms with Crippen LogP contribution in [0.2, 0.25) is 0 Å². The van der Waals surface area contributed by atoms with Crippen LogP contribution >= 0.6 is 0 Å². The highest BCUT2D eigenvalue weighted by molar-refractivity contribution is 5.93. The van der Waals surface area contributed by atoms with E-state index in [2.05, 4.69) is 5.10 Å². The molecule has 4 heteroatoms. The molecule has 1 aromatic heterocycles. The Morgan fingerprint density at radius 2 is 2.28 bits per heavy atom. The molecule has 1 aliphatic heterocycles. The highest BCUT2D eigenvalue weighted by Gasteiger charge is 2.42. The molecule has 1 spiro atoms. The quantitative estimate of drug-likeness (QED) is 0.772. The van der Waals surface area contributed by atoms with E-state index >= 15 is 0 Å². The van der Waals surface area contributed by atoms with Crippen molar-refractivity contribution in [2.75, 3.05) is 0 Å². The smallest absolute Gasteiger partial charge is 0.162 e. The summed E-state index contributed by atoms with van der Waals surface area (Å²) in [5, 5.41) is 4.23. The molecule has 0 radical (unpaired) electrons. The van der Waals surface area contributed by atoms with E-state index in [1.165, 1.54) is 32.1 Å². The Labute approximate surface area is 107 Å². The molecule has 0 bridgehead atoms. The summed E-state index contributed by atoms with van der Waals surface area (Å²) in [7, 11) is 0. The summed E-state index contributed by atoms with van der Waals surface area (Å²) in [6.45, 7) is 2.34. The van der Waals surface area contributed by atoms with Gasteiger partial charge < -0.3 is 4.74 Å². The second-order valence-electron chi connectivity index (χ2n) is 5.68. The minimum Gasteiger partial charge on any atom is -0.370 e. The van der Waals surface area contributed by atoms with Crippen LogP contribution in [0.15, 0.2) is 12.4 Å². The van der Waals surface area contributed by atoms with Crippen LogP contribution in [-0.2, 0) is 11.3 Å². The van der Waals surface area contributed by atoms with Gasteiger partial charge in [-0.1, -0.05) is 12.8 Å². The van der Waals surface area contributed by atoms with Gasteiger partial charge in [0.1, 0.15) is 0 Å². The van der Waals surface area contributed by atoms with Gasteiger partial charge in [0.2, 0.25) is 0 Å². The van der Waals surface area contributed by atoms with Crippen molar-refractivity contribution in [2.24, 2.45) is 0 Å². The lowest BCUT2D eigenvalue weighted by molar-refractivity contribution is -0.0429. The average molecular weight is 248 g/mol. The Hall–Kier alpha value is -1.16. The predicted octanol–water partition coefficient (Wildman–Crippen LogP) is 2.58. The second-order valence-corrected chi connectivity index (χ2v) is 5.68. The molecular formula is C14H20N2O2. The van der Waals surface area contributed by atoms with Crippen LogP contribution in [0.5, 0.6) is 0 Å². The first-order valence-electron chi connectivity index (χ1n) is 6.88. The summed E-state index contributed by atoms with van der Waals surface area (Å²) in [5.74, 6) is 0.0702. The lowest BCUT2D eigenvalue weighted by atomic mass is 9.98. The number of carbonyl (C=O) groups is 1. The van der Waals surface area contributed by atoms with Crippen molar-refractivity contribution >= 4 is 5.78 Å². The average Bonchev–Trinajstić information content (AvgIpc) is 3.03. The topological polar surface area (TPSA) is 44.1 Å². The van der Waals surface area contributed by atoms with Gasteiger partial charge in [-0.2, -0.15) is 5.10 Å². The highest BCUT2D eigenvalue weighted by atomic mass is 16.5. The maximum Gasteiger partial charge on any atom is 0.162 e. The first kappa shape index (κ1) is 11.9. The van der Waals surface area contributed by atoms with E-state index in [0.29, 0.717) is 5.56 Å². The van der Waals surface area contributed by atoms with Crippen molar-refractivity contribution in [3.63, 3.8) is 0 Å². The van der Waals surface area contributed by atoms with E-state index in [-0.39, 0.29) is 17.5 Å². The number of hydrogen-bond acceptors (Lipinski definition) is 3. The Bertz CT molecular complexity index is 446. The summed E-state index contributed by atoms with van der Waals surface area (Å²) >= 11 is 0. The third-order valence-corrected chi connectivity index (χ3v) is 4.28. The van der Waals surface area contributed by atoms with Gasteiger partial charge in [-0.15, -0.1) is 0 Å².